The van der Waals surface area contributed by atoms with E-state index in [1.807, 2.05) is 0 Å². The number of aliphatic hydroxyl groups is 4. The van der Waals surface area contributed by atoms with E-state index in [1.165, 1.54) is 0 Å². The van der Waals surface area contributed by atoms with Gasteiger partial charge in [0.25, 0.3) is 0 Å². The highest BCUT2D eigenvalue weighted by molar-refractivity contribution is 5.79. The molecule has 0 aromatic heterocycles. The van der Waals surface area contributed by atoms with Gasteiger partial charge in [-0.3, -0.25) is 0 Å². The molecule has 0 amide bonds. The number of rotatable bonds is 2. The molecule has 6 nitrogen and oxygen atoms in total. The molecule has 1 rings (SSSR count). The minimum atomic E-state index is -2.04. The molecule has 1 saturated carbocycles. The van der Waals surface area contributed by atoms with Crippen molar-refractivity contribution in [2.75, 3.05) is 7.11 Å². The number of terminal acetylenes is 1. The van der Waals surface area contributed by atoms with Gasteiger partial charge < -0.3 is 25.2 Å². The zero-order chi connectivity index (χ0) is 13.3. The monoisotopic (exact) mass is 244 g/mol. The van der Waals surface area contributed by atoms with Gasteiger partial charge in [-0.1, -0.05) is 0 Å². The van der Waals surface area contributed by atoms with Crippen molar-refractivity contribution in [1.29, 1.82) is 0 Å². The van der Waals surface area contributed by atoms with E-state index in [9.17, 15) is 25.2 Å². The molecular weight excluding hydrogens is 228 g/mol. The summed E-state index contributed by atoms with van der Waals surface area (Å²) in [5.41, 5.74) is -3.95. The van der Waals surface area contributed by atoms with Crippen molar-refractivity contribution in [2.24, 2.45) is 0 Å². The number of methoxy groups -OCH3 is 1. The van der Waals surface area contributed by atoms with Crippen molar-refractivity contribution in [1.82, 2.24) is 0 Å². The summed E-state index contributed by atoms with van der Waals surface area (Å²) in [5, 5.41) is 39.3. The quantitative estimate of drug-likeness (QED) is 0.336. The molecular formula is C11H16O6. The number of carbonyl (C=O) groups excluding carboxylic acids is 1. The predicted molar refractivity (Wildman–Crippen MR) is 56.6 cm³/mol. The number of aliphatic hydroxyl groups excluding tert-OH is 2. The summed E-state index contributed by atoms with van der Waals surface area (Å²) < 4.78 is 4.40. The van der Waals surface area contributed by atoms with Crippen LogP contribution in [0, 0.1) is 12.3 Å². The molecule has 0 heterocycles. The molecule has 4 N–H and O–H groups in total. The molecule has 1 aliphatic carbocycles. The lowest BCUT2D eigenvalue weighted by atomic mass is 9.70. The third-order valence-corrected chi connectivity index (χ3v) is 3.03. The van der Waals surface area contributed by atoms with Crippen LogP contribution in [0.5, 0.6) is 0 Å². The molecule has 0 radical (unpaired) electrons. The Morgan fingerprint density at radius 3 is 2.59 bits per heavy atom. The lowest BCUT2D eigenvalue weighted by molar-refractivity contribution is -0.215. The SMILES string of the molecule is C#CC[C@]1(O)C[C@@](O)(C(=O)OC)C[C@@H](O)[C@@H]1O. The van der Waals surface area contributed by atoms with Gasteiger partial charge in [-0.05, 0) is 0 Å². The maximum absolute atomic E-state index is 11.4. The Balaban J connectivity index is 3.03. The van der Waals surface area contributed by atoms with Crippen molar-refractivity contribution in [3.63, 3.8) is 0 Å². The van der Waals surface area contributed by atoms with Crippen molar-refractivity contribution >= 4 is 5.97 Å². The zero-order valence-electron chi connectivity index (χ0n) is 9.46. The summed E-state index contributed by atoms with van der Waals surface area (Å²) in [6.45, 7) is 0. The van der Waals surface area contributed by atoms with Gasteiger partial charge >= 0.3 is 5.97 Å². The van der Waals surface area contributed by atoms with Gasteiger partial charge in [-0.15, -0.1) is 12.3 Å². The van der Waals surface area contributed by atoms with Gasteiger partial charge in [0.15, 0.2) is 5.60 Å². The second kappa shape index (κ2) is 4.63. The fourth-order valence-electron chi connectivity index (χ4n) is 2.19. The first-order chi connectivity index (χ1) is 7.79. The summed E-state index contributed by atoms with van der Waals surface area (Å²) in [6, 6.07) is 0. The van der Waals surface area contributed by atoms with Crippen LogP contribution in [0.25, 0.3) is 0 Å². The van der Waals surface area contributed by atoms with E-state index in [0.29, 0.717) is 0 Å². The van der Waals surface area contributed by atoms with Crippen molar-refractivity contribution in [3.8, 4) is 12.3 Å². The van der Waals surface area contributed by atoms with Gasteiger partial charge in [0, 0.05) is 19.3 Å². The van der Waals surface area contributed by atoms with Gasteiger partial charge in [0.05, 0.1) is 13.2 Å². The number of esters is 1. The first-order valence-corrected chi connectivity index (χ1v) is 5.12. The van der Waals surface area contributed by atoms with E-state index in [-0.39, 0.29) is 6.42 Å². The Kier molecular flexibility index (Phi) is 3.79. The Morgan fingerprint density at radius 1 is 1.53 bits per heavy atom. The molecule has 96 valence electrons. The van der Waals surface area contributed by atoms with E-state index < -0.39 is 42.2 Å². The average molecular weight is 244 g/mol. The molecule has 17 heavy (non-hydrogen) atoms. The normalized spacial score (nSPS) is 41.6. The summed E-state index contributed by atoms with van der Waals surface area (Å²) in [7, 11) is 1.08. The molecule has 1 aliphatic rings. The smallest absolute Gasteiger partial charge is 0.338 e. The molecule has 4 atom stereocenters. The number of carbonyl (C=O) groups is 1. The minimum absolute atomic E-state index is 0.287. The van der Waals surface area contributed by atoms with E-state index in [0.717, 1.165) is 7.11 Å². The lowest BCUT2D eigenvalue weighted by Gasteiger charge is -2.45. The van der Waals surface area contributed by atoms with Gasteiger partial charge in [-0.25, -0.2) is 4.79 Å². The summed E-state index contributed by atoms with van der Waals surface area (Å²) in [4.78, 5) is 11.4. The van der Waals surface area contributed by atoms with E-state index in [4.69, 9.17) is 6.42 Å². The fourth-order valence-corrected chi connectivity index (χ4v) is 2.19. The number of hydrogen-bond donors (Lipinski definition) is 4. The second-order valence-electron chi connectivity index (χ2n) is 4.40. The van der Waals surface area contributed by atoms with Gasteiger partial charge in [0.1, 0.15) is 11.7 Å². The molecule has 0 bridgehead atoms. The highest BCUT2D eigenvalue weighted by atomic mass is 16.5. The second-order valence-corrected chi connectivity index (χ2v) is 4.40. The number of hydrogen-bond acceptors (Lipinski definition) is 6. The van der Waals surface area contributed by atoms with Crippen molar-refractivity contribution in [2.45, 2.75) is 42.7 Å². The summed E-state index contributed by atoms with van der Waals surface area (Å²) in [5.74, 6) is 1.17. The molecule has 0 aliphatic heterocycles. The molecule has 0 unspecified atom stereocenters. The Hall–Kier alpha value is -1.13. The third kappa shape index (κ3) is 2.42. The van der Waals surface area contributed by atoms with Crippen molar-refractivity contribution in [3.05, 3.63) is 0 Å². The highest BCUT2D eigenvalue weighted by Gasteiger charge is 2.56. The molecule has 0 spiro atoms. The van der Waals surface area contributed by atoms with Crippen LogP contribution >= 0.6 is 0 Å². The highest BCUT2D eigenvalue weighted by Crippen LogP contribution is 2.38. The van der Waals surface area contributed by atoms with Crippen LogP contribution in [0.2, 0.25) is 0 Å². The first-order valence-electron chi connectivity index (χ1n) is 5.12. The maximum Gasteiger partial charge on any atom is 0.338 e. The average Bonchev–Trinajstić information content (AvgIpc) is 2.25. The predicted octanol–water partition coefficient (Wildman–Crippen LogP) is -1.84. The third-order valence-electron chi connectivity index (χ3n) is 3.03. The van der Waals surface area contributed by atoms with E-state index >= 15 is 0 Å². The van der Waals surface area contributed by atoms with Crippen molar-refractivity contribution < 1.29 is 30.0 Å². The van der Waals surface area contributed by atoms with Crippen LogP contribution in [0.4, 0.5) is 0 Å². The molecule has 6 heteroatoms. The van der Waals surface area contributed by atoms with Crippen LogP contribution < -0.4 is 0 Å². The van der Waals surface area contributed by atoms with E-state index in [2.05, 4.69) is 10.7 Å². The molecule has 1 fully saturated rings. The summed E-state index contributed by atoms with van der Waals surface area (Å²) >= 11 is 0. The van der Waals surface area contributed by atoms with Crippen LogP contribution in [0.3, 0.4) is 0 Å². The minimum Gasteiger partial charge on any atom is -0.467 e. The van der Waals surface area contributed by atoms with Crippen LogP contribution in [0.15, 0.2) is 0 Å². The molecule has 0 saturated heterocycles. The zero-order valence-corrected chi connectivity index (χ0v) is 9.46. The van der Waals surface area contributed by atoms with E-state index in [1.54, 1.807) is 0 Å². The Morgan fingerprint density at radius 2 is 2.12 bits per heavy atom. The summed E-state index contributed by atoms with van der Waals surface area (Å²) in [6.07, 6.45) is 0.912. The number of ether oxygens (including phenoxy) is 1. The fraction of sp³-hybridized carbons (Fsp3) is 0.727. The van der Waals surface area contributed by atoms with Gasteiger partial charge in [0.2, 0.25) is 0 Å². The maximum atomic E-state index is 11.4. The molecule has 0 aromatic rings. The Labute approximate surface area is 98.8 Å². The van der Waals surface area contributed by atoms with Crippen LogP contribution in [-0.4, -0.2) is 56.9 Å². The topological polar surface area (TPSA) is 107 Å². The van der Waals surface area contributed by atoms with Crippen LogP contribution in [-0.2, 0) is 9.53 Å². The standard InChI is InChI=1S/C11H16O6/c1-3-4-10(15)6-11(16,9(14)17-2)5-7(12)8(10)13/h1,7-8,12-13,15-16H,4-6H2,2H3/t7-,8+,10+,11-/m1/s1. The lowest BCUT2D eigenvalue weighted by Crippen LogP contribution is -2.62. The largest absolute Gasteiger partial charge is 0.467 e. The molecule has 0 aromatic carbocycles. The van der Waals surface area contributed by atoms with Crippen LogP contribution in [0.1, 0.15) is 19.3 Å². The first kappa shape index (κ1) is 13.9. The van der Waals surface area contributed by atoms with Gasteiger partial charge in [-0.2, -0.15) is 0 Å². The Bertz CT molecular complexity index is 348.